The van der Waals surface area contributed by atoms with Crippen molar-refractivity contribution in [2.75, 3.05) is 18.2 Å². The van der Waals surface area contributed by atoms with Crippen LogP contribution in [0, 0.1) is 0 Å². The third kappa shape index (κ3) is 2.99. The van der Waals surface area contributed by atoms with Crippen molar-refractivity contribution in [1.82, 2.24) is 9.38 Å². The number of nitrogens with zero attached hydrogens (tertiary/aromatic N) is 2. The zero-order chi connectivity index (χ0) is 15.5. The van der Waals surface area contributed by atoms with Gasteiger partial charge >= 0.3 is 6.09 Å². The number of imidazole rings is 1. The first-order valence-electron chi connectivity index (χ1n) is 6.52. The zero-order valence-electron chi connectivity index (χ0n) is 11.8. The van der Waals surface area contributed by atoms with Gasteiger partial charge in [-0.3, -0.25) is 5.32 Å². The van der Waals surface area contributed by atoms with Gasteiger partial charge in [-0.15, -0.1) is 0 Å². The number of fused-ring (bicyclic) bond motifs is 1. The quantitative estimate of drug-likeness (QED) is 0.725. The highest BCUT2D eigenvalue weighted by Gasteiger charge is 2.07. The molecule has 3 N–H and O–H groups in total. The molecule has 0 aliphatic rings. The summed E-state index contributed by atoms with van der Waals surface area (Å²) >= 11 is 1.57. The van der Waals surface area contributed by atoms with Gasteiger partial charge in [-0.25, -0.2) is 9.78 Å². The van der Waals surface area contributed by atoms with Crippen LogP contribution in [0.25, 0.3) is 5.65 Å². The van der Waals surface area contributed by atoms with E-state index in [1.165, 1.54) is 7.11 Å². The monoisotopic (exact) mass is 314 g/mol. The number of ether oxygens (including phenoxy) is 1. The summed E-state index contributed by atoms with van der Waals surface area (Å²) in [6.07, 6.45) is 3.11. The Bertz CT molecular complexity index is 831. The zero-order valence-corrected chi connectivity index (χ0v) is 12.6. The average molecular weight is 314 g/mol. The molecule has 0 bridgehead atoms. The number of benzene rings is 1. The first kappa shape index (κ1) is 14.3. The SMILES string of the molecule is COC(=O)Nc1cn2cc(Sc3ccccc3N)ccc2n1. The van der Waals surface area contributed by atoms with E-state index in [4.69, 9.17) is 5.73 Å². The molecule has 1 amide bonds. The fraction of sp³-hybridized carbons (Fsp3) is 0.0667. The number of hydrogen-bond acceptors (Lipinski definition) is 5. The van der Waals surface area contributed by atoms with Crippen molar-refractivity contribution >= 4 is 35.0 Å². The first-order chi connectivity index (χ1) is 10.7. The molecule has 1 aromatic carbocycles. The summed E-state index contributed by atoms with van der Waals surface area (Å²) in [7, 11) is 1.31. The van der Waals surface area contributed by atoms with Gasteiger partial charge in [-0.1, -0.05) is 23.9 Å². The minimum atomic E-state index is -0.546. The van der Waals surface area contributed by atoms with Crippen LogP contribution < -0.4 is 11.1 Å². The van der Waals surface area contributed by atoms with Crippen LogP contribution in [-0.2, 0) is 4.74 Å². The smallest absolute Gasteiger partial charge is 0.412 e. The van der Waals surface area contributed by atoms with Gasteiger partial charge in [0.1, 0.15) is 5.65 Å². The fourth-order valence-electron chi connectivity index (χ4n) is 1.95. The van der Waals surface area contributed by atoms with Crippen LogP contribution in [0.1, 0.15) is 0 Å². The minimum absolute atomic E-state index is 0.438. The number of para-hydroxylation sites is 1. The summed E-state index contributed by atoms with van der Waals surface area (Å²) in [5.74, 6) is 0.438. The van der Waals surface area contributed by atoms with E-state index in [0.717, 1.165) is 21.1 Å². The average Bonchev–Trinajstić information content (AvgIpc) is 2.91. The lowest BCUT2D eigenvalue weighted by molar-refractivity contribution is 0.187. The first-order valence-corrected chi connectivity index (χ1v) is 7.33. The Morgan fingerprint density at radius 2 is 2.09 bits per heavy atom. The molecule has 0 saturated heterocycles. The second kappa shape index (κ2) is 5.98. The Morgan fingerprint density at radius 1 is 1.27 bits per heavy atom. The van der Waals surface area contributed by atoms with Crippen LogP contribution in [0.2, 0.25) is 0 Å². The van der Waals surface area contributed by atoms with E-state index in [9.17, 15) is 4.79 Å². The van der Waals surface area contributed by atoms with E-state index in [1.807, 2.05) is 47.0 Å². The summed E-state index contributed by atoms with van der Waals surface area (Å²) in [6, 6.07) is 11.5. The van der Waals surface area contributed by atoms with Crippen LogP contribution in [-0.4, -0.2) is 22.6 Å². The van der Waals surface area contributed by atoms with Crippen molar-refractivity contribution in [2.45, 2.75) is 9.79 Å². The number of carbonyl (C=O) groups is 1. The molecule has 6 nitrogen and oxygen atoms in total. The second-order valence-electron chi connectivity index (χ2n) is 4.51. The number of nitrogens with one attached hydrogen (secondary N) is 1. The number of rotatable bonds is 3. The van der Waals surface area contributed by atoms with E-state index >= 15 is 0 Å². The van der Waals surface area contributed by atoms with Crippen molar-refractivity contribution in [3.05, 3.63) is 48.8 Å². The Morgan fingerprint density at radius 3 is 2.86 bits per heavy atom. The van der Waals surface area contributed by atoms with Crippen LogP contribution in [0.15, 0.2) is 58.6 Å². The van der Waals surface area contributed by atoms with E-state index in [-0.39, 0.29) is 0 Å². The highest BCUT2D eigenvalue weighted by atomic mass is 32.2. The number of hydrogen-bond donors (Lipinski definition) is 2. The van der Waals surface area contributed by atoms with E-state index in [2.05, 4.69) is 15.0 Å². The molecule has 0 atom stereocenters. The molecule has 2 heterocycles. The van der Waals surface area contributed by atoms with Crippen molar-refractivity contribution in [3.8, 4) is 0 Å². The molecule has 0 aliphatic heterocycles. The number of anilines is 2. The van der Waals surface area contributed by atoms with Crippen LogP contribution in [0.5, 0.6) is 0 Å². The topological polar surface area (TPSA) is 81.6 Å². The minimum Gasteiger partial charge on any atom is -0.453 e. The van der Waals surface area contributed by atoms with Crippen LogP contribution >= 0.6 is 11.8 Å². The molecule has 0 radical (unpaired) electrons. The molecule has 0 saturated carbocycles. The second-order valence-corrected chi connectivity index (χ2v) is 5.63. The van der Waals surface area contributed by atoms with E-state index in [1.54, 1.807) is 18.0 Å². The maximum atomic E-state index is 11.2. The Kier molecular flexibility index (Phi) is 3.88. The van der Waals surface area contributed by atoms with Crippen molar-refractivity contribution < 1.29 is 9.53 Å². The summed E-state index contributed by atoms with van der Waals surface area (Å²) in [5.41, 5.74) is 7.43. The number of carbonyl (C=O) groups excluding carboxylic acids is 1. The highest BCUT2D eigenvalue weighted by molar-refractivity contribution is 7.99. The number of aromatic nitrogens is 2. The maximum Gasteiger partial charge on any atom is 0.412 e. The molecule has 0 spiro atoms. The van der Waals surface area contributed by atoms with Gasteiger partial charge in [0, 0.05) is 21.7 Å². The molecular formula is C15H14N4O2S. The van der Waals surface area contributed by atoms with Gasteiger partial charge in [0.25, 0.3) is 0 Å². The van der Waals surface area contributed by atoms with Crippen molar-refractivity contribution in [1.29, 1.82) is 0 Å². The summed E-state index contributed by atoms with van der Waals surface area (Å²) in [5, 5.41) is 2.54. The summed E-state index contributed by atoms with van der Waals surface area (Å²) in [4.78, 5) is 17.5. The summed E-state index contributed by atoms with van der Waals surface area (Å²) in [6.45, 7) is 0. The highest BCUT2D eigenvalue weighted by Crippen LogP contribution is 2.31. The molecule has 3 aromatic rings. The van der Waals surface area contributed by atoms with E-state index in [0.29, 0.717) is 5.82 Å². The lowest BCUT2D eigenvalue weighted by atomic mass is 10.3. The molecule has 0 unspecified atom stereocenters. The maximum absolute atomic E-state index is 11.2. The molecule has 3 rings (SSSR count). The number of nitrogen functional groups attached to an aromatic ring is 1. The Labute approximate surface area is 131 Å². The van der Waals surface area contributed by atoms with Crippen molar-refractivity contribution in [2.24, 2.45) is 0 Å². The Hall–Kier alpha value is -2.67. The molecule has 0 aliphatic carbocycles. The number of pyridine rings is 1. The molecule has 7 heteroatoms. The molecule has 0 fully saturated rings. The Balaban J connectivity index is 1.86. The van der Waals surface area contributed by atoms with Gasteiger partial charge < -0.3 is 14.9 Å². The molecule has 2 aromatic heterocycles. The molecular weight excluding hydrogens is 300 g/mol. The summed E-state index contributed by atoms with van der Waals surface area (Å²) < 4.78 is 6.39. The van der Waals surface area contributed by atoms with Gasteiger partial charge in [-0.05, 0) is 24.3 Å². The van der Waals surface area contributed by atoms with Gasteiger partial charge in [0.05, 0.1) is 13.3 Å². The number of nitrogens with two attached hydrogens (primary N) is 1. The standard InChI is InChI=1S/C15H14N4O2S/c1-21-15(20)18-13-9-19-8-10(6-7-14(19)17-13)22-12-5-3-2-4-11(12)16/h2-9H,16H2,1H3,(H,18,20). The lowest BCUT2D eigenvalue weighted by Gasteiger charge is -2.05. The van der Waals surface area contributed by atoms with Crippen molar-refractivity contribution in [3.63, 3.8) is 0 Å². The third-order valence-corrected chi connectivity index (χ3v) is 4.06. The lowest BCUT2D eigenvalue weighted by Crippen LogP contribution is -2.10. The van der Waals surface area contributed by atoms with E-state index < -0.39 is 6.09 Å². The number of methoxy groups -OCH3 is 1. The van der Waals surface area contributed by atoms with Crippen LogP contribution in [0.4, 0.5) is 16.3 Å². The van der Waals surface area contributed by atoms with Gasteiger partial charge in [-0.2, -0.15) is 0 Å². The van der Waals surface area contributed by atoms with Gasteiger partial charge in [0.2, 0.25) is 0 Å². The van der Waals surface area contributed by atoms with Gasteiger partial charge in [0.15, 0.2) is 5.82 Å². The van der Waals surface area contributed by atoms with Crippen LogP contribution in [0.3, 0.4) is 0 Å². The molecule has 112 valence electrons. The predicted molar refractivity (Wildman–Crippen MR) is 86.2 cm³/mol. The normalized spacial score (nSPS) is 10.6. The predicted octanol–water partition coefficient (Wildman–Crippen LogP) is 3.25. The largest absolute Gasteiger partial charge is 0.453 e. The molecule has 22 heavy (non-hydrogen) atoms. The third-order valence-electron chi connectivity index (χ3n) is 2.99. The fourth-order valence-corrected chi connectivity index (χ4v) is 2.84. The number of amides is 1.